The first kappa shape index (κ1) is 20.9. The minimum Gasteiger partial charge on any atom is -0.480 e. The molecule has 6 N–H and O–H groups in total. The Morgan fingerprint density at radius 1 is 1.16 bits per heavy atom. The average molecular weight is 427 g/mol. The van der Waals surface area contributed by atoms with Crippen molar-refractivity contribution in [3.8, 4) is 0 Å². The van der Waals surface area contributed by atoms with Crippen LogP contribution in [-0.4, -0.2) is 48.3 Å². The highest BCUT2D eigenvalue weighted by Crippen LogP contribution is 2.30. The number of hydrogen-bond acceptors (Lipinski definition) is 6. The normalized spacial score (nSPS) is 23.6. The number of rotatable bonds is 9. The van der Waals surface area contributed by atoms with Crippen molar-refractivity contribution in [3.63, 3.8) is 0 Å². The molecule has 0 fully saturated rings. The topological polar surface area (TPSA) is 115 Å². The van der Waals surface area contributed by atoms with Crippen LogP contribution >= 0.6 is 0 Å². The molecule has 0 aromatic heterocycles. The molecule has 9 heteroatoms. The molecule has 4 atom stereocenters. The predicted octanol–water partition coefficient (Wildman–Crippen LogP) is 1.53. The van der Waals surface area contributed by atoms with Gasteiger partial charge in [-0.05, 0) is 36.4 Å². The van der Waals surface area contributed by atoms with Crippen molar-refractivity contribution in [1.29, 1.82) is 0 Å². The molecule has 2 heterocycles. The van der Waals surface area contributed by atoms with Crippen LogP contribution in [0.15, 0.2) is 54.3 Å². The van der Waals surface area contributed by atoms with Crippen LogP contribution in [0.5, 0.6) is 0 Å². The number of carbonyl (C=O) groups excluding carboxylic acids is 1. The van der Waals surface area contributed by atoms with Gasteiger partial charge in [0.25, 0.3) is 0 Å². The third kappa shape index (κ3) is 5.05. The molecule has 1 aromatic rings. The molecule has 3 aliphatic rings. The summed E-state index contributed by atoms with van der Waals surface area (Å²) >= 11 is 0. The number of carboxylic acid groups (broad SMARTS) is 1. The molecule has 1 aliphatic carbocycles. The van der Waals surface area contributed by atoms with E-state index in [2.05, 4.69) is 38.7 Å². The zero-order valence-electron chi connectivity index (χ0n) is 16.9. The van der Waals surface area contributed by atoms with Crippen LogP contribution in [0.1, 0.15) is 12.8 Å². The molecule has 0 radical (unpaired) electrons. The fourth-order valence-corrected chi connectivity index (χ4v) is 4.08. The zero-order chi connectivity index (χ0) is 21.8. The Bertz CT molecular complexity index is 945. The van der Waals surface area contributed by atoms with Gasteiger partial charge in [0, 0.05) is 18.9 Å². The number of aliphatic carboxylic acids is 1. The lowest BCUT2D eigenvalue weighted by Gasteiger charge is -2.20. The molecular formula is C22H26FN5O3. The van der Waals surface area contributed by atoms with Crippen molar-refractivity contribution in [2.75, 3.05) is 23.7 Å². The smallest absolute Gasteiger partial charge is 0.320 e. The highest BCUT2D eigenvalue weighted by molar-refractivity contribution is 5.80. The molecule has 0 spiro atoms. The first-order chi connectivity index (χ1) is 15.0. The number of amides is 1. The fraction of sp³-hybridized carbons (Fsp3) is 0.364. The Labute approximate surface area is 179 Å². The molecule has 4 rings (SSSR count). The summed E-state index contributed by atoms with van der Waals surface area (Å²) in [6, 6.07) is 3.65. The number of carboxylic acids is 1. The van der Waals surface area contributed by atoms with Gasteiger partial charge in [-0.15, -0.1) is 0 Å². The lowest BCUT2D eigenvalue weighted by molar-refractivity contribution is -0.139. The lowest BCUT2D eigenvalue weighted by atomic mass is 9.90. The molecule has 0 bridgehead atoms. The van der Waals surface area contributed by atoms with E-state index in [-0.39, 0.29) is 36.9 Å². The Morgan fingerprint density at radius 2 is 1.97 bits per heavy atom. The molecule has 31 heavy (non-hydrogen) atoms. The molecule has 3 unspecified atom stereocenters. The van der Waals surface area contributed by atoms with Crippen LogP contribution < -0.4 is 26.6 Å². The van der Waals surface area contributed by atoms with Crippen LogP contribution in [-0.2, 0) is 9.59 Å². The second-order valence-corrected chi connectivity index (χ2v) is 7.85. The van der Waals surface area contributed by atoms with Crippen molar-refractivity contribution < 1.29 is 19.1 Å². The van der Waals surface area contributed by atoms with Crippen molar-refractivity contribution in [1.82, 2.24) is 16.0 Å². The monoisotopic (exact) mass is 427 g/mol. The molecule has 8 nitrogen and oxygen atoms in total. The van der Waals surface area contributed by atoms with E-state index in [0.717, 1.165) is 12.1 Å². The van der Waals surface area contributed by atoms with E-state index in [1.165, 1.54) is 17.7 Å². The number of benzene rings is 1. The maximum atomic E-state index is 13.3. The van der Waals surface area contributed by atoms with Gasteiger partial charge in [-0.25, -0.2) is 4.39 Å². The SMILES string of the molecule is O=C(CN[C@H](CC1Nc2ccc(F)cc2N1)C(=O)O)NCCC1=CNC2C=CC=CC12. The fourth-order valence-electron chi connectivity index (χ4n) is 4.08. The van der Waals surface area contributed by atoms with Gasteiger partial charge in [0.2, 0.25) is 5.91 Å². The number of anilines is 2. The standard InChI is InChI=1S/C22H26FN5O3/c23-14-5-6-17-18(9-14)28-20(27-17)10-19(22(30)31)26-12-21(29)24-8-7-13-11-25-16-4-2-1-3-15(13)16/h1-6,9,11,15-16,19-20,25-28H,7-8,10,12H2,(H,24,29)(H,30,31)/t15?,16?,19-,20?/m1/s1. The molecular weight excluding hydrogens is 401 g/mol. The van der Waals surface area contributed by atoms with E-state index in [1.54, 1.807) is 6.07 Å². The van der Waals surface area contributed by atoms with E-state index in [9.17, 15) is 19.1 Å². The average Bonchev–Trinajstić information content (AvgIpc) is 3.34. The van der Waals surface area contributed by atoms with Crippen LogP contribution in [0.4, 0.5) is 15.8 Å². The summed E-state index contributed by atoms with van der Waals surface area (Å²) in [5.41, 5.74) is 2.54. The summed E-state index contributed by atoms with van der Waals surface area (Å²) in [6.45, 7) is 0.385. The second-order valence-electron chi connectivity index (χ2n) is 7.85. The van der Waals surface area contributed by atoms with Crippen LogP contribution in [0, 0.1) is 11.7 Å². The van der Waals surface area contributed by atoms with E-state index >= 15 is 0 Å². The largest absolute Gasteiger partial charge is 0.480 e. The number of nitrogens with one attached hydrogen (secondary N) is 5. The Kier molecular flexibility index (Phi) is 6.22. The predicted molar refractivity (Wildman–Crippen MR) is 116 cm³/mol. The van der Waals surface area contributed by atoms with Gasteiger partial charge in [-0.1, -0.05) is 24.3 Å². The molecule has 164 valence electrons. The van der Waals surface area contributed by atoms with Crippen molar-refractivity contribution in [2.24, 2.45) is 5.92 Å². The highest BCUT2D eigenvalue weighted by atomic mass is 19.1. The minimum absolute atomic E-state index is 0.0999. The Balaban J connectivity index is 1.19. The zero-order valence-corrected chi connectivity index (χ0v) is 16.9. The maximum absolute atomic E-state index is 13.3. The van der Waals surface area contributed by atoms with Gasteiger partial charge in [0.05, 0.1) is 30.1 Å². The molecule has 1 aromatic carbocycles. The maximum Gasteiger partial charge on any atom is 0.320 e. The third-order valence-electron chi connectivity index (χ3n) is 5.68. The third-order valence-corrected chi connectivity index (χ3v) is 5.68. The van der Waals surface area contributed by atoms with Crippen molar-refractivity contribution >= 4 is 23.3 Å². The van der Waals surface area contributed by atoms with Crippen molar-refractivity contribution in [2.45, 2.75) is 31.1 Å². The van der Waals surface area contributed by atoms with Crippen LogP contribution in [0.3, 0.4) is 0 Å². The van der Waals surface area contributed by atoms with Gasteiger partial charge in [0.15, 0.2) is 0 Å². The second kappa shape index (κ2) is 9.22. The minimum atomic E-state index is -1.05. The number of hydrogen-bond donors (Lipinski definition) is 6. The summed E-state index contributed by atoms with van der Waals surface area (Å²) in [5, 5.41) is 24.6. The van der Waals surface area contributed by atoms with Gasteiger partial charge in [-0.2, -0.15) is 0 Å². The molecule has 2 aliphatic heterocycles. The Morgan fingerprint density at radius 3 is 2.81 bits per heavy atom. The summed E-state index contributed by atoms with van der Waals surface area (Å²) in [4.78, 5) is 23.8. The van der Waals surface area contributed by atoms with Gasteiger partial charge in [-0.3, -0.25) is 14.9 Å². The van der Waals surface area contributed by atoms with Crippen LogP contribution in [0.2, 0.25) is 0 Å². The van der Waals surface area contributed by atoms with Crippen molar-refractivity contribution in [3.05, 3.63) is 60.1 Å². The van der Waals surface area contributed by atoms with E-state index < -0.39 is 12.0 Å². The number of fused-ring (bicyclic) bond motifs is 2. The lowest BCUT2D eigenvalue weighted by Crippen LogP contribution is -2.46. The van der Waals surface area contributed by atoms with Gasteiger partial charge >= 0.3 is 5.97 Å². The van der Waals surface area contributed by atoms with E-state index in [1.807, 2.05) is 18.4 Å². The van der Waals surface area contributed by atoms with Gasteiger partial charge in [0.1, 0.15) is 11.9 Å². The molecule has 1 amide bonds. The van der Waals surface area contributed by atoms with Crippen LogP contribution in [0.25, 0.3) is 0 Å². The summed E-state index contributed by atoms with van der Waals surface area (Å²) in [6.07, 6.45) is 10.9. The first-order valence-corrected chi connectivity index (χ1v) is 10.3. The quantitative estimate of drug-likeness (QED) is 0.354. The molecule has 0 saturated heterocycles. The Hall–Kier alpha value is -3.33. The summed E-state index contributed by atoms with van der Waals surface area (Å²) < 4.78 is 13.3. The number of allylic oxidation sites excluding steroid dienone is 2. The number of halogens is 1. The van der Waals surface area contributed by atoms with Gasteiger partial charge < -0.3 is 26.4 Å². The summed E-state index contributed by atoms with van der Waals surface area (Å²) in [5.74, 6) is -1.36. The molecule has 0 saturated carbocycles. The first-order valence-electron chi connectivity index (χ1n) is 10.3. The number of carbonyl (C=O) groups is 2. The summed E-state index contributed by atoms with van der Waals surface area (Å²) in [7, 11) is 0. The van der Waals surface area contributed by atoms with E-state index in [4.69, 9.17) is 0 Å². The van der Waals surface area contributed by atoms with E-state index in [0.29, 0.717) is 18.2 Å². The highest BCUT2D eigenvalue weighted by Gasteiger charge is 2.28.